The normalized spacial score (nSPS) is 15.2. The van der Waals surface area contributed by atoms with E-state index in [2.05, 4.69) is 11.1 Å². The lowest BCUT2D eigenvalue weighted by atomic mass is 10.1. The molecule has 9 heteroatoms. The summed E-state index contributed by atoms with van der Waals surface area (Å²) in [5.41, 5.74) is 2.68. The van der Waals surface area contributed by atoms with Crippen LogP contribution in [0.25, 0.3) is 6.08 Å². The molecule has 4 rings (SSSR count). The van der Waals surface area contributed by atoms with Gasteiger partial charge in [0.1, 0.15) is 12.4 Å². The lowest BCUT2D eigenvalue weighted by molar-refractivity contribution is -0.122. The standard InChI is InChI=1S/C28H24ClN3O4S/c1-4-32-27(33)25(37-28(32)31-21-9-11-22(34-2)12-10-21)15-18-13-23(29)26(24(14-18)35-3)36-17-20-8-6-5-7-19(20)16-30/h5-15H,4,17H2,1-3H3. The van der Waals surface area contributed by atoms with E-state index in [4.69, 9.17) is 25.8 Å². The monoisotopic (exact) mass is 533 g/mol. The van der Waals surface area contributed by atoms with Crippen molar-refractivity contribution in [3.05, 3.63) is 87.3 Å². The van der Waals surface area contributed by atoms with Crippen LogP contribution in [0.2, 0.25) is 5.02 Å². The van der Waals surface area contributed by atoms with Gasteiger partial charge in [-0.15, -0.1) is 0 Å². The average Bonchev–Trinajstić information content (AvgIpc) is 3.21. The van der Waals surface area contributed by atoms with Crippen molar-refractivity contribution < 1.29 is 19.0 Å². The third-order valence-corrected chi connectivity index (χ3v) is 6.85. The molecule has 0 spiro atoms. The minimum atomic E-state index is -0.136. The molecule has 0 radical (unpaired) electrons. The molecule has 1 aliphatic heterocycles. The number of benzene rings is 3. The molecule has 7 nitrogen and oxygen atoms in total. The number of ether oxygens (including phenoxy) is 3. The Bertz CT molecular complexity index is 1410. The minimum absolute atomic E-state index is 0.136. The van der Waals surface area contributed by atoms with Gasteiger partial charge in [-0.3, -0.25) is 9.69 Å². The number of hydrogen-bond donors (Lipinski definition) is 0. The van der Waals surface area contributed by atoms with Crippen molar-refractivity contribution in [1.82, 2.24) is 4.90 Å². The molecular formula is C28H24ClN3O4S. The number of nitrogens with zero attached hydrogens (tertiary/aromatic N) is 3. The summed E-state index contributed by atoms with van der Waals surface area (Å²) >= 11 is 7.85. The van der Waals surface area contributed by atoms with E-state index in [0.29, 0.717) is 44.3 Å². The lowest BCUT2D eigenvalue weighted by Gasteiger charge is -2.14. The van der Waals surface area contributed by atoms with Crippen LogP contribution < -0.4 is 14.2 Å². The Morgan fingerprint density at radius 3 is 2.54 bits per heavy atom. The predicted molar refractivity (Wildman–Crippen MR) is 147 cm³/mol. The molecule has 0 N–H and O–H groups in total. The van der Waals surface area contributed by atoms with Crippen LogP contribution >= 0.6 is 23.4 Å². The van der Waals surface area contributed by atoms with E-state index < -0.39 is 0 Å². The molecule has 188 valence electrons. The van der Waals surface area contributed by atoms with Crippen molar-refractivity contribution in [3.63, 3.8) is 0 Å². The fraction of sp³-hybridized carbons (Fsp3) is 0.179. The first kappa shape index (κ1) is 26.1. The molecule has 0 aliphatic carbocycles. The Morgan fingerprint density at radius 1 is 1.11 bits per heavy atom. The molecule has 3 aromatic carbocycles. The molecule has 1 amide bonds. The number of aliphatic imine (C=N–C) groups is 1. The van der Waals surface area contributed by atoms with Gasteiger partial charge in [-0.05, 0) is 72.8 Å². The summed E-state index contributed by atoms with van der Waals surface area (Å²) in [7, 11) is 3.13. The highest BCUT2D eigenvalue weighted by Crippen LogP contribution is 2.40. The van der Waals surface area contributed by atoms with Crippen LogP contribution in [0.1, 0.15) is 23.6 Å². The maximum absolute atomic E-state index is 13.1. The van der Waals surface area contributed by atoms with E-state index in [9.17, 15) is 10.1 Å². The van der Waals surface area contributed by atoms with Gasteiger partial charge in [0.15, 0.2) is 16.7 Å². The molecule has 3 aromatic rings. The highest BCUT2D eigenvalue weighted by atomic mass is 35.5. The third-order valence-electron chi connectivity index (χ3n) is 5.56. The Balaban J connectivity index is 1.59. The van der Waals surface area contributed by atoms with Crippen molar-refractivity contribution in [2.24, 2.45) is 4.99 Å². The second kappa shape index (κ2) is 11.9. The smallest absolute Gasteiger partial charge is 0.266 e. The third kappa shape index (κ3) is 5.91. The molecule has 1 aliphatic rings. The van der Waals surface area contributed by atoms with Crippen molar-refractivity contribution in [2.45, 2.75) is 13.5 Å². The van der Waals surface area contributed by atoms with E-state index in [1.54, 1.807) is 42.4 Å². The molecule has 0 unspecified atom stereocenters. The Hall–Kier alpha value is -3.93. The summed E-state index contributed by atoms with van der Waals surface area (Å²) in [6.07, 6.45) is 1.76. The Labute approximate surface area is 224 Å². The first-order chi connectivity index (χ1) is 18.0. The quantitative estimate of drug-likeness (QED) is 0.310. The molecule has 1 heterocycles. The van der Waals surface area contributed by atoms with Gasteiger partial charge >= 0.3 is 0 Å². The number of nitriles is 1. The molecule has 0 saturated carbocycles. The van der Waals surface area contributed by atoms with Gasteiger partial charge in [0.2, 0.25) is 0 Å². The van der Waals surface area contributed by atoms with Gasteiger partial charge in [0.25, 0.3) is 5.91 Å². The number of carbonyl (C=O) groups excluding carboxylic acids is 1. The summed E-state index contributed by atoms with van der Waals surface area (Å²) in [5.74, 6) is 1.38. The minimum Gasteiger partial charge on any atom is -0.497 e. The lowest BCUT2D eigenvalue weighted by Crippen LogP contribution is -2.28. The number of amidine groups is 1. The first-order valence-corrected chi connectivity index (χ1v) is 12.6. The van der Waals surface area contributed by atoms with Crippen LogP contribution in [0.4, 0.5) is 5.69 Å². The number of rotatable bonds is 8. The zero-order chi connectivity index (χ0) is 26.4. The fourth-order valence-corrected chi connectivity index (χ4v) is 4.99. The Kier molecular flexibility index (Phi) is 8.39. The largest absolute Gasteiger partial charge is 0.497 e. The molecular weight excluding hydrogens is 510 g/mol. The summed E-state index contributed by atoms with van der Waals surface area (Å²) in [6.45, 7) is 2.55. The molecule has 0 atom stereocenters. The molecule has 1 fully saturated rings. The van der Waals surface area contributed by atoms with Gasteiger partial charge in [0.05, 0.1) is 41.5 Å². The van der Waals surface area contributed by atoms with E-state index >= 15 is 0 Å². The number of halogens is 1. The average molecular weight is 534 g/mol. The number of likely N-dealkylation sites (N-methyl/N-ethyl adjacent to an activating group) is 1. The van der Waals surface area contributed by atoms with E-state index in [1.165, 1.54) is 18.9 Å². The van der Waals surface area contributed by atoms with Crippen molar-refractivity contribution in [1.29, 1.82) is 5.26 Å². The van der Waals surface area contributed by atoms with Gasteiger partial charge in [-0.25, -0.2) is 4.99 Å². The summed E-state index contributed by atoms with van der Waals surface area (Å²) in [6, 6.07) is 20.1. The second-order valence-corrected chi connectivity index (χ2v) is 9.26. The first-order valence-electron chi connectivity index (χ1n) is 11.4. The van der Waals surface area contributed by atoms with Crippen LogP contribution in [0, 0.1) is 11.3 Å². The van der Waals surface area contributed by atoms with Crippen LogP contribution in [0.3, 0.4) is 0 Å². The van der Waals surface area contributed by atoms with Crippen molar-refractivity contribution >= 4 is 46.2 Å². The number of amides is 1. The van der Waals surface area contributed by atoms with Crippen molar-refractivity contribution in [3.8, 4) is 23.3 Å². The predicted octanol–water partition coefficient (Wildman–Crippen LogP) is 6.43. The second-order valence-electron chi connectivity index (χ2n) is 7.84. The van der Waals surface area contributed by atoms with Crippen LogP contribution in [0.15, 0.2) is 70.6 Å². The van der Waals surface area contributed by atoms with E-state index in [0.717, 1.165) is 17.0 Å². The topological polar surface area (TPSA) is 84.2 Å². The van der Waals surface area contributed by atoms with Crippen LogP contribution in [-0.2, 0) is 11.4 Å². The van der Waals surface area contributed by atoms with E-state index in [1.807, 2.05) is 43.3 Å². The van der Waals surface area contributed by atoms with E-state index in [-0.39, 0.29) is 12.5 Å². The van der Waals surface area contributed by atoms with Gasteiger partial charge in [-0.2, -0.15) is 5.26 Å². The summed E-state index contributed by atoms with van der Waals surface area (Å²) in [4.78, 5) is 19.9. The number of hydrogen-bond acceptors (Lipinski definition) is 7. The SMILES string of the molecule is CCN1C(=O)C(=Cc2cc(Cl)c(OCc3ccccc3C#N)c(OC)c2)SC1=Nc1ccc(OC)cc1. The van der Waals surface area contributed by atoms with Crippen LogP contribution in [-0.4, -0.2) is 36.7 Å². The highest BCUT2D eigenvalue weighted by Gasteiger charge is 2.32. The maximum atomic E-state index is 13.1. The van der Waals surface area contributed by atoms with Crippen LogP contribution in [0.5, 0.6) is 17.2 Å². The summed E-state index contributed by atoms with van der Waals surface area (Å²) < 4.78 is 16.7. The molecule has 37 heavy (non-hydrogen) atoms. The Morgan fingerprint density at radius 2 is 1.86 bits per heavy atom. The van der Waals surface area contributed by atoms with Crippen molar-refractivity contribution in [2.75, 3.05) is 20.8 Å². The zero-order valence-electron chi connectivity index (χ0n) is 20.5. The number of carbonyl (C=O) groups is 1. The molecule has 0 bridgehead atoms. The number of methoxy groups -OCH3 is 2. The zero-order valence-corrected chi connectivity index (χ0v) is 22.1. The number of thioether (sulfide) groups is 1. The molecule has 0 aromatic heterocycles. The molecule has 1 saturated heterocycles. The van der Waals surface area contributed by atoms with Gasteiger partial charge < -0.3 is 14.2 Å². The maximum Gasteiger partial charge on any atom is 0.266 e. The summed E-state index contributed by atoms with van der Waals surface area (Å²) in [5, 5.41) is 10.2. The van der Waals surface area contributed by atoms with Gasteiger partial charge in [-0.1, -0.05) is 29.8 Å². The fourth-order valence-electron chi connectivity index (χ4n) is 3.66. The van der Waals surface area contributed by atoms with Gasteiger partial charge in [0, 0.05) is 12.1 Å². The highest BCUT2D eigenvalue weighted by molar-refractivity contribution is 8.18.